The number of nitrogens with two attached hydrogens (primary N) is 1. The average Bonchev–Trinajstić information content (AvgIpc) is 2.54. The molecule has 0 aliphatic rings. The summed E-state index contributed by atoms with van der Waals surface area (Å²) >= 11 is 0. The molecular weight excluding hydrogens is 292 g/mol. The highest BCUT2D eigenvalue weighted by atomic mass is 16.5. The molecule has 5 nitrogen and oxygen atoms in total. The van der Waals surface area contributed by atoms with Crippen LogP contribution in [0.5, 0.6) is 5.75 Å². The maximum absolute atomic E-state index is 12.1. The molecule has 120 valence electrons. The van der Waals surface area contributed by atoms with Gasteiger partial charge in [0.2, 0.25) is 5.91 Å². The molecule has 0 heterocycles. The number of amides is 2. The summed E-state index contributed by atoms with van der Waals surface area (Å²) in [7, 11) is 0. The Labute approximate surface area is 135 Å². The van der Waals surface area contributed by atoms with Crippen LogP contribution in [0.1, 0.15) is 29.3 Å². The number of carbonyl (C=O) groups excluding carboxylic acids is 2. The van der Waals surface area contributed by atoms with Gasteiger partial charge in [-0.15, -0.1) is 0 Å². The second-order valence-electron chi connectivity index (χ2n) is 5.00. The van der Waals surface area contributed by atoms with Gasteiger partial charge in [0.15, 0.2) is 0 Å². The zero-order valence-corrected chi connectivity index (χ0v) is 13.0. The second kappa shape index (κ2) is 7.98. The molecule has 3 N–H and O–H groups in total. The predicted octanol–water partition coefficient (Wildman–Crippen LogP) is 2.76. The van der Waals surface area contributed by atoms with Crippen molar-refractivity contribution in [3.05, 3.63) is 59.7 Å². The molecule has 0 saturated carbocycles. The van der Waals surface area contributed by atoms with Crippen molar-refractivity contribution in [1.29, 1.82) is 0 Å². The van der Waals surface area contributed by atoms with Gasteiger partial charge in [0, 0.05) is 6.42 Å². The molecule has 0 aliphatic carbocycles. The largest absolute Gasteiger partial charge is 0.494 e. The van der Waals surface area contributed by atoms with E-state index in [1.807, 2.05) is 31.2 Å². The van der Waals surface area contributed by atoms with E-state index in [-0.39, 0.29) is 12.3 Å². The summed E-state index contributed by atoms with van der Waals surface area (Å²) in [6.45, 7) is 2.50. The maximum atomic E-state index is 12.1. The molecule has 2 aromatic rings. The van der Waals surface area contributed by atoms with E-state index in [4.69, 9.17) is 10.5 Å². The van der Waals surface area contributed by atoms with Crippen molar-refractivity contribution in [2.75, 3.05) is 11.9 Å². The van der Waals surface area contributed by atoms with Crippen LogP contribution >= 0.6 is 0 Å². The number of para-hydroxylation sites is 2. The molecule has 0 aromatic heterocycles. The van der Waals surface area contributed by atoms with Gasteiger partial charge in [-0.25, -0.2) is 0 Å². The molecule has 0 spiro atoms. The predicted molar refractivity (Wildman–Crippen MR) is 89.5 cm³/mol. The summed E-state index contributed by atoms with van der Waals surface area (Å²) in [6, 6.07) is 14.3. The molecule has 0 bridgehead atoms. The number of carbonyl (C=O) groups is 2. The van der Waals surface area contributed by atoms with Crippen molar-refractivity contribution in [3.8, 4) is 5.75 Å². The van der Waals surface area contributed by atoms with Crippen LogP contribution < -0.4 is 15.8 Å². The number of hydrogen-bond acceptors (Lipinski definition) is 3. The third-order valence-electron chi connectivity index (χ3n) is 3.36. The first-order valence-electron chi connectivity index (χ1n) is 7.51. The fourth-order valence-corrected chi connectivity index (χ4v) is 2.27. The van der Waals surface area contributed by atoms with Crippen LogP contribution in [0.2, 0.25) is 0 Å². The van der Waals surface area contributed by atoms with Crippen LogP contribution in [-0.4, -0.2) is 18.4 Å². The molecule has 2 rings (SSSR count). The van der Waals surface area contributed by atoms with Crippen molar-refractivity contribution in [1.82, 2.24) is 0 Å². The second-order valence-corrected chi connectivity index (χ2v) is 5.00. The summed E-state index contributed by atoms with van der Waals surface area (Å²) in [5, 5.41) is 2.73. The van der Waals surface area contributed by atoms with E-state index >= 15 is 0 Å². The molecule has 0 fully saturated rings. The molecular formula is C18H20N2O3. The number of ether oxygens (including phenoxy) is 1. The van der Waals surface area contributed by atoms with E-state index < -0.39 is 5.91 Å². The van der Waals surface area contributed by atoms with Crippen molar-refractivity contribution < 1.29 is 14.3 Å². The highest BCUT2D eigenvalue weighted by Crippen LogP contribution is 2.20. The number of hydrogen-bond donors (Lipinski definition) is 2. The minimum atomic E-state index is -0.567. The number of rotatable bonds is 7. The van der Waals surface area contributed by atoms with E-state index in [1.165, 1.54) is 0 Å². The van der Waals surface area contributed by atoms with Crippen LogP contribution in [0.25, 0.3) is 0 Å². The quantitative estimate of drug-likeness (QED) is 0.825. The van der Waals surface area contributed by atoms with Crippen molar-refractivity contribution in [3.63, 3.8) is 0 Å². The zero-order chi connectivity index (χ0) is 16.7. The highest BCUT2D eigenvalue weighted by Gasteiger charge is 2.11. The Hall–Kier alpha value is -2.82. The maximum Gasteiger partial charge on any atom is 0.250 e. The molecule has 0 saturated heterocycles. The van der Waals surface area contributed by atoms with Gasteiger partial charge in [-0.2, -0.15) is 0 Å². The van der Waals surface area contributed by atoms with Gasteiger partial charge in [-0.1, -0.05) is 30.3 Å². The molecule has 2 amide bonds. The van der Waals surface area contributed by atoms with Crippen molar-refractivity contribution in [2.45, 2.75) is 19.8 Å². The topological polar surface area (TPSA) is 81.4 Å². The third kappa shape index (κ3) is 4.57. The molecule has 0 unspecified atom stereocenters. The van der Waals surface area contributed by atoms with Gasteiger partial charge < -0.3 is 15.8 Å². The van der Waals surface area contributed by atoms with Gasteiger partial charge in [0.25, 0.3) is 5.91 Å². The third-order valence-corrected chi connectivity index (χ3v) is 3.36. The van der Waals surface area contributed by atoms with Gasteiger partial charge in [0.05, 0.1) is 17.9 Å². The summed E-state index contributed by atoms with van der Waals surface area (Å²) in [6.07, 6.45) is 0.845. The summed E-state index contributed by atoms with van der Waals surface area (Å²) in [5.41, 5.74) is 7.02. The Morgan fingerprint density at radius 1 is 1.09 bits per heavy atom. The fourth-order valence-electron chi connectivity index (χ4n) is 2.27. The lowest BCUT2D eigenvalue weighted by Gasteiger charge is -2.11. The smallest absolute Gasteiger partial charge is 0.250 e. The van der Waals surface area contributed by atoms with Gasteiger partial charge in [0.1, 0.15) is 5.75 Å². The number of primary amides is 1. The van der Waals surface area contributed by atoms with E-state index in [2.05, 4.69) is 5.32 Å². The number of aryl methyl sites for hydroxylation is 1. The van der Waals surface area contributed by atoms with Crippen LogP contribution in [0.3, 0.4) is 0 Å². The number of anilines is 1. The Morgan fingerprint density at radius 2 is 1.78 bits per heavy atom. The Kier molecular flexibility index (Phi) is 5.74. The molecule has 2 aromatic carbocycles. The standard InChI is InChI=1S/C18H20N2O3/c1-2-23-16-10-6-3-7-13(16)11-12-17(21)20-15-9-5-4-8-14(15)18(19)22/h3-10H,2,11-12H2,1H3,(H2,19,22)(H,20,21). The summed E-state index contributed by atoms with van der Waals surface area (Å²) < 4.78 is 5.55. The Morgan fingerprint density at radius 3 is 2.52 bits per heavy atom. The highest BCUT2D eigenvalue weighted by molar-refractivity contribution is 6.02. The van der Waals surface area contributed by atoms with Crippen molar-refractivity contribution >= 4 is 17.5 Å². The molecule has 0 atom stereocenters. The minimum Gasteiger partial charge on any atom is -0.494 e. The van der Waals surface area contributed by atoms with Crippen LogP contribution in [0.4, 0.5) is 5.69 Å². The fraction of sp³-hybridized carbons (Fsp3) is 0.222. The van der Waals surface area contributed by atoms with Crippen LogP contribution in [0, 0.1) is 0 Å². The minimum absolute atomic E-state index is 0.176. The Bertz CT molecular complexity index is 698. The lowest BCUT2D eigenvalue weighted by molar-refractivity contribution is -0.116. The van der Waals surface area contributed by atoms with Gasteiger partial charge >= 0.3 is 0 Å². The number of nitrogens with one attached hydrogen (secondary N) is 1. The lowest BCUT2D eigenvalue weighted by Crippen LogP contribution is -2.18. The first-order chi connectivity index (χ1) is 11.1. The Balaban J connectivity index is 2.00. The zero-order valence-electron chi connectivity index (χ0n) is 13.0. The molecule has 0 radical (unpaired) electrons. The van der Waals surface area contributed by atoms with E-state index in [9.17, 15) is 9.59 Å². The lowest BCUT2D eigenvalue weighted by atomic mass is 10.1. The van der Waals surface area contributed by atoms with Crippen LogP contribution in [-0.2, 0) is 11.2 Å². The van der Waals surface area contributed by atoms with E-state index in [0.29, 0.717) is 24.3 Å². The van der Waals surface area contributed by atoms with E-state index in [1.54, 1.807) is 24.3 Å². The van der Waals surface area contributed by atoms with E-state index in [0.717, 1.165) is 11.3 Å². The van der Waals surface area contributed by atoms with Gasteiger partial charge in [-0.05, 0) is 37.1 Å². The monoisotopic (exact) mass is 312 g/mol. The molecule has 0 aliphatic heterocycles. The molecule has 23 heavy (non-hydrogen) atoms. The average molecular weight is 312 g/mol. The first-order valence-corrected chi connectivity index (χ1v) is 7.51. The number of benzene rings is 2. The normalized spacial score (nSPS) is 10.1. The summed E-state index contributed by atoms with van der Waals surface area (Å²) in [4.78, 5) is 23.5. The molecule has 5 heteroatoms. The van der Waals surface area contributed by atoms with Gasteiger partial charge in [-0.3, -0.25) is 9.59 Å². The SMILES string of the molecule is CCOc1ccccc1CCC(=O)Nc1ccccc1C(N)=O. The summed E-state index contributed by atoms with van der Waals surface area (Å²) in [5.74, 6) is 0.0490. The van der Waals surface area contributed by atoms with Crippen molar-refractivity contribution in [2.24, 2.45) is 5.73 Å². The van der Waals surface area contributed by atoms with Crippen LogP contribution in [0.15, 0.2) is 48.5 Å². The first kappa shape index (κ1) is 16.5.